The Bertz CT molecular complexity index is 1390. The zero-order chi connectivity index (χ0) is 22.1. The monoisotopic (exact) mass is 494 g/mol. The zero-order valence-corrected chi connectivity index (χ0v) is 19.0. The first kappa shape index (κ1) is 20.6. The van der Waals surface area contributed by atoms with Gasteiger partial charge < -0.3 is 23.7 Å². The molecule has 4 heterocycles. The SMILES string of the molecule is COCc1cc(-c2ncc3[nH]c4ccc(Oc5ccc(Br)cn5)cc4c3c2COC)no1. The Labute approximate surface area is 191 Å². The molecule has 1 aromatic carbocycles. The highest BCUT2D eigenvalue weighted by Crippen LogP contribution is 2.36. The third-order valence-electron chi connectivity index (χ3n) is 5.01. The Balaban J connectivity index is 1.64. The van der Waals surface area contributed by atoms with Crippen LogP contribution in [0.25, 0.3) is 33.2 Å². The predicted molar refractivity (Wildman–Crippen MR) is 123 cm³/mol. The number of ether oxygens (including phenoxy) is 3. The molecule has 1 N–H and O–H groups in total. The largest absolute Gasteiger partial charge is 0.439 e. The summed E-state index contributed by atoms with van der Waals surface area (Å²) in [4.78, 5) is 12.3. The number of fused-ring (bicyclic) bond motifs is 3. The average molecular weight is 495 g/mol. The molecular formula is C23H19BrN4O4. The topological polar surface area (TPSA) is 95.3 Å². The van der Waals surface area contributed by atoms with E-state index in [-0.39, 0.29) is 0 Å². The molecule has 32 heavy (non-hydrogen) atoms. The van der Waals surface area contributed by atoms with Crippen molar-refractivity contribution < 1.29 is 18.7 Å². The van der Waals surface area contributed by atoms with Crippen molar-refractivity contribution in [3.8, 4) is 23.0 Å². The van der Waals surface area contributed by atoms with E-state index < -0.39 is 0 Å². The minimum Gasteiger partial charge on any atom is -0.439 e. The van der Waals surface area contributed by atoms with Crippen molar-refractivity contribution in [1.29, 1.82) is 0 Å². The summed E-state index contributed by atoms with van der Waals surface area (Å²) < 4.78 is 22.9. The van der Waals surface area contributed by atoms with Crippen LogP contribution in [0.5, 0.6) is 11.6 Å². The minimum absolute atomic E-state index is 0.340. The van der Waals surface area contributed by atoms with Crippen molar-refractivity contribution in [3.63, 3.8) is 0 Å². The molecule has 4 aromatic heterocycles. The van der Waals surface area contributed by atoms with Crippen LogP contribution in [0.15, 0.2) is 57.8 Å². The molecule has 0 aliphatic rings. The van der Waals surface area contributed by atoms with Gasteiger partial charge in [0, 0.05) is 58.9 Å². The van der Waals surface area contributed by atoms with Gasteiger partial charge in [-0.05, 0) is 40.2 Å². The molecule has 5 rings (SSSR count). The minimum atomic E-state index is 0.340. The first-order valence-electron chi connectivity index (χ1n) is 9.83. The van der Waals surface area contributed by atoms with Gasteiger partial charge in [-0.2, -0.15) is 0 Å². The van der Waals surface area contributed by atoms with Crippen LogP contribution in [0.4, 0.5) is 0 Å². The number of hydrogen-bond donors (Lipinski definition) is 1. The van der Waals surface area contributed by atoms with Crippen molar-refractivity contribution in [2.75, 3.05) is 14.2 Å². The van der Waals surface area contributed by atoms with Crippen LogP contribution in [0, 0.1) is 0 Å². The molecule has 0 unspecified atom stereocenters. The zero-order valence-electron chi connectivity index (χ0n) is 17.4. The number of H-pyrrole nitrogens is 1. The molecule has 0 saturated carbocycles. The number of nitrogens with zero attached hydrogens (tertiary/aromatic N) is 3. The molecule has 0 radical (unpaired) electrons. The van der Waals surface area contributed by atoms with Gasteiger partial charge in [0.2, 0.25) is 5.88 Å². The van der Waals surface area contributed by atoms with Crippen LogP contribution in [-0.4, -0.2) is 34.3 Å². The maximum Gasteiger partial charge on any atom is 0.219 e. The molecule has 9 heteroatoms. The average Bonchev–Trinajstić information content (AvgIpc) is 3.40. The summed E-state index contributed by atoms with van der Waals surface area (Å²) in [5.74, 6) is 1.82. The fourth-order valence-corrected chi connectivity index (χ4v) is 3.92. The number of rotatable bonds is 7. The number of hydrogen-bond acceptors (Lipinski definition) is 7. The Morgan fingerprint density at radius 2 is 1.84 bits per heavy atom. The van der Waals surface area contributed by atoms with E-state index in [4.69, 9.17) is 18.7 Å². The molecule has 8 nitrogen and oxygen atoms in total. The van der Waals surface area contributed by atoms with Crippen molar-refractivity contribution in [2.24, 2.45) is 0 Å². The van der Waals surface area contributed by atoms with Gasteiger partial charge in [-0.25, -0.2) is 4.98 Å². The third kappa shape index (κ3) is 3.86. The second-order valence-electron chi connectivity index (χ2n) is 7.17. The van der Waals surface area contributed by atoms with Crippen LogP contribution in [-0.2, 0) is 22.7 Å². The standard InChI is InChI=1S/C23H19BrN4O4/c1-29-11-15-8-19(28-32-15)23-17(12-30-2)22-16-7-14(31-21-6-3-13(24)9-25-21)4-5-18(16)27-20(22)10-26-23/h3-10,27H,11-12H2,1-2H3. The van der Waals surface area contributed by atoms with E-state index in [1.54, 1.807) is 26.6 Å². The summed E-state index contributed by atoms with van der Waals surface area (Å²) in [5.41, 5.74) is 4.11. The molecule has 0 fully saturated rings. The van der Waals surface area contributed by atoms with Gasteiger partial charge in [-0.1, -0.05) is 5.16 Å². The maximum atomic E-state index is 5.97. The summed E-state index contributed by atoms with van der Waals surface area (Å²) in [5, 5.41) is 6.17. The van der Waals surface area contributed by atoms with Crippen molar-refractivity contribution in [2.45, 2.75) is 13.2 Å². The molecule has 0 aliphatic carbocycles. The Morgan fingerprint density at radius 3 is 2.62 bits per heavy atom. The molecule has 0 bridgehead atoms. The van der Waals surface area contributed by atoms with E-state index >= 15 is 0 Å². The first-order valence-corrected chi connectivity index (χ1v) is 10.6. The highest BCUT2D eigenvalue weighted by Gasteiger charge is 2.19. The highest BCUT2D eigenvalue weighted by molar-refractivity contribution is 9.10. The Morgan fingerprint density at radius 1 is 0.969 bits per heavy atom. The van der Waals surface area contributed by atoms with E-state index in [0.29, 0.717) is 42.0 Å². The number of aromatic nitrogens is 4. The quantitative estimate of drug-likeness (QED) is 0.313. The first-order chi connectivity index (χ1) is 15.7. The van der Waals surface area contributed by atoms with E-state index in [2.05, 4.69) is 36.0 Å². The van der Waals surface area contributed by atoms with Gasteiger partial charge >= 0.3 is 0 Å². The predicted octanol–water partition coefficient (Wildman–Crippen LogP) is 5.61. The van der Waals surface area contributed by atoms with Gasteiger partial charge in [0.25, 0.3) is 0 Å². The van der Waals surface area contributed by atoms with Crippen molar-refractivity contribution in [3.05, 3.63) is 64.6 Å². The lowest BCUT2D eigenvalue weighted by Crippen LogP contribution is -1.97. The summed E-state index contributed by atoms with van der Waals surface area (Å²) in [6.07, 6.45) is 3.50. The fourth-order valence-electron chi connectivity index (χ4n) is 3.69. The molecule has 0 amide bonds. The summed E-state index contributed by atoms with van der Waals surface area (Å²) in [6, 6.07) is 11.4. The van der Waals surface area contributed by atoms with Gasteiger partial charge in [-0.3, -0.25) is 4.98 Å². The molecule has 5 aromatic rings. The van der Waals surface area contributed by atoms with Gasteiger partial charge in [0.15, 0.2) is 5.76 Å². The number of halogens is 1. The van der Waals surface area contributed by atoms with Crippen LogP contribution in [0.2, 0.25) is 0 Å². The van der Waals surface area contributed by atoms with Crippen LogP contribution < -0.4 is 4.74 Å². The molecule has 0 saturated heterocycles. The van der Waals surface area contributed by atoms with E-state index in [9.17, 15) is 0 Å². The number of methoxy groups -OCH3 is 2. The number of nitrogens with one attached hydrogen (secondary N) is 1. The van der Waals surface area contributed by atoms with Crippen LogP contribution in [0.1, 0.15) is 11.3 Å². The van der Waals surface area contributed by atoms with Gasteiger partial charge in [0.05, 0.1) is 24.0 Å². The summed E-state index contributed by atoms with van der Waals surface area (Å²) in [7, 11) is 3.27. The molecular weight excluding hydrogens is 476 g/mol. The molecule has 0 atom stereocenters. The number of aromatic amines is 1. The lowest BCUT2D eigenvalue weighted by Gasteiger charge is -2.08. The molecule has 0 aliphatic heterocycles. The normalized spacial score (nSPS) is 11.5. The van der Waals surface area contributed by atoms with E-state index in [0.717, 1.165) is 31.8 Å². The van der Waals surface area contributed by atoms with E-state index in [1.165, 1.54) is 0 Å². The maximum absolute atomic E-state index is 5.97. The third-order valence-corrected chi connectivity index (χ3v) is 5.48. The van der Waals surface area contributed by atoms with Crippen molar-refractivity contribution >= 4 is 37.7 Å². The lowest BCUT2D eigenvalue weighted by atomic mass is 10.0. The Kier molecular flexibility index (Phi) is 5.60. The van der Waals surface area contributed by atoms with Gasteiger partial charge in [-0.15, -0.1) is 0 Å². The van der Waals surface area contributed by atoms with Crippen LogP contribution >= 0.6 is 15.9 Å². The summed E-state index contributed by atoms with van der Waals surface area (Å²) in [6.45, 7) is 0.700. The number of pyridine rings is 2. The molecule has 162 valence electrons. The molecule has 0 spiro atoms. The highest BCUT2D eigenvalue weighted by atomic mass is 79.9. The second kappa shape index (κ2) is 8.70. The smallest absolute Gasteiger partial charge is 0.219 e. The lowest BCUT2D eigenvalue weighted by molar-refractivity contribution is 0.156. The van der Waals surface area contributed by atoms with Crippen molar-refractivity contribution in [1.82, 2.24) is 20.1 Å². The van der Waals surface area contributed by atoms with Gasteiger partial charge in [0.1, 0.15) is 18.1 Å². The number of benzene rings is 1. The van der Waals surface area contributed by atoms with Crippen LogP contribution in [0.3, 0.4) is 0 Å². The fraction of sp³-hybridized carbons (Fsp3) is 0.174. The summed E-state index contributed by atoms with van der Waals surface area (Å²) >= 11 is 3.39. The second-order valence-corrected chi connectivity index (χ2v) is 8.08. The van der Waals surface area contributed by atoms with E-state index in [1.807, 2.05) is 36.4 Å². The Hall–Kier alpha value is -3.27.